The highest BCUT2D eigenvalue weighted by atomic mass is 16.5. The van der Waals surface area contributed by atoms with E-state index < -0.39 is 0 Å². The summed E-state index contributed by atoms with van der Waals surface area (Å²) in [6, 6.07) is 10.6. The van der Waals surface area contributed by atoms with E-state index in [1.165, 1.54) is 10.5 Å². The smallest absolute Gasteiger partial charge is 0.243 e. The standard InChI is InChI=1S/C23H37N5O2/c1-4-13-24-23(26-18-22(29)27(2)3)25-14-8-17-30-21-11-15-28(16-12-21)19-20-9-6-5-7-10-20/h4-7,9-10,21H,1,8,11-19H2,2-3H3,(H2,24,25,26). The highest BCUT2D eigenvalue weighted by molar-refractivity contribution is 5.84. The van der Waals surface area contributed by atoms with E-state index in [-0.39, 0.29) is 12.5 Å². The van der Waals surface area contributed by atoms with Crippen LogP contribution in [0.5, 0.6) is 0 Å². The lowest BCUT2D eigenvalue weighted by Gasteiger charge is -2.32. The molecule has 0 atom stereocenters. The zero-order valence-corrected chi connectivity index (χ0v) is 18.5. The molecule has 1 heterocycles. The van der Waals surface area contributed by atoms with Gasteiger partial charge in [0.05, 0.1) is 6.10 Å². The van der Waals surface area contributed by atoms with Crippen LogP contribution in [0.25, 0.3) is 0 Å². The highest BCUT2D eigenvalue weighted by Gasteiger charge is 2.19. The van der Waals surface area contributed by atoms with Crippen LogP contribution < -0.4 is 10.6 Å². The van der Waals surface area contributed by atoms with Crippen molar-refractivity contribution < 1.29 is 9.53 Å². The molecule has 1 aromatic carbocycles. The number of amides is 1. The summed E-state index contributed by atoms with van der Waals surface area (Å²) in [5.74, 6) is 0.593. The number of carbonyl (C=O) groups is 1. The SMILES string of the molecule is C=CCNC(=NCC(=O)N(C)C)NCCCOC1CCN(Cc2ccccc2)CC1. The number of nitrogens with zero attached hydrogens (tertiary/aromatic N) is 3. The van der Waals surface area contributed by atoms with Crippen molar-refractivity contribution in [3.8, 4) is 0 Å². The zero-order valence-electron chi connectivity index (χ0n) is 18.5. The summed E-state index contributed by atoms with van der Waals surface area (Å²) in [7, 11) is 3.46. The van der Waals surface area contributed by atoms with Gasteiger partial charge in [0.15, 0.2) is 5.96 Å². The second-order valence-corrected chi connectivity index (χ2v) is 7.73. The van der Waals surface area contributed by atoms with Gasteiger partial charge in [0.2, 0.25) is 5.91 Å². The molecule has 0 unspecified atom stereocenters. The Balaban J connectivity index is 1.60. The lowest BCUT2D eigenvalue weighted by Crippen LogP contribution is -2.39. The number of hydrogen-bond donors (Lipinski definition) is 2. The predicted molar refractivity (Wildman–Crippen MR) is 123 cm³/mol. The van der Waals surface area contributed by atoms with Crippen LogP contribution in [-0.4, -0.2) is 81.2 Å². The Morgan fingerprint density at radius 2 is 2.00 bits per heavy atom. The van der Waals surface area contributed by atoms with E-state index in [9.17, 15) is 4.79 Å². The van der Waals surface area contributed by atoms with Gasteiger partial charge in [-0.3, -0.25) is 9.69 Å². The number of nitrogens with one attached hydrogen (secondary N) is 2. The Labute approximate surface area is 181 Å². The Morgan fingerprint density at radius 3 is 2.67 bits per heavy atom. The molecule has 1 aromatic rings. The molecular formula is C23H37N5O2. The van der Waals surface area contributed by atoms with Crippen LogP contribution in [0.15, 0.2) is 48.0 Å². The fourth-order valence-electron chi connectivity index (χ4n) is 3.24. The number of hydrogen-bond acceptors (Lipinski definition) is 4. The minimum Gasteiger partial charge on any atom is -0.378 e. The second kappa shape index (κ2) is 13.8. The summed E-state index contributed by atoms with van der Waals surface area (Å²) in [5, 5.41) is 6.39. The van der Waals surface area contributed by atoms with E-state index in [1.54, 1.807) is 20.2 Å². The largest absolute Gasteiger partial charge is 0.378 e. The predicted octanol–water partition coefficient (Wildman–Crippen LogP) is 1.87. The van der Waals surface area contributed by atoms with Gasteiger partial charge in [0, 0.05) is 53.4 Å². The first-order valence-electron chi connectivity index (χ1n) is 10.8. The average molecular weight is 416 g/mol. The molecule has 0 saturated carbocycles. The monoisotopic (exact) mass is 415 g/mol. The lowest BCUT2D eigenvalue weighted by atomic mass is 10.1. The molecular weight excluding hydrogens is 378 g/mol. The first-order chi connectivity index (χ1) is 14.6. The van der Waals surface area contributed by atoms with Gasteiger partial charge < -0.3 is 20.3 Å². The Bertz CT molecular complexity index is 655. The zero-order chi connectivity index (χ0) is 21.6. The molecule has 1 aliphatic heterocycles. The quantitative estimate of drug-likeness (QED) is 0.250. The third-order valence-corrected chi connectivity index (χ3v) is 5.04. The lowest BCUT2D eigenvalue weighted by molar-refractivity contribution is -0.127. The van der Waals surface area contributed by atoms with Gasteiger partial charge in [-0.05, 0) is 24.8 Å². The van der Waals surface area contributed by atoms with Gasteiger partial charge in [-0.2, -0.15) is 0 Å². The Kier molecular flexibility index (Phi) is 11.0. The number of rotatable bonds is 11. The molecule has 1 fully saturated rings. The van der Waals surface area contributed by atoms with Crippen LogP contribution in [0, 0.1) is 0 Å². The first kappa shape index (κ1) is 23.9. The maximum Gasteiger partial charge on any atom is 0.243 e. The molecule has 7 nitrogen and oxygen atoms in total. The number of likely N-dealkylation sites (tertiary alicyclic amines) is 1. The van der Waals surface area contributed by atoms with Gasteiger partial charge in [-0.25, -0.2) is 4.99 Å². The molecule has 1 amide bonds. The molecule has 0 aliphatic carbocycles. The number of guanidine groups is 1. The molecule has 1 saturated heterocycles. The number of ether oxygens (including phenoxy) is 1. The van der Waals surface area contributed by atoms with Gasteiger partial charge in [-0.1, -0.05) is 36.4 Å². The van der Waals surface area contributed by atoms with Gasteiger partial charge in [0.25, 0.3) is 0 Å². The Hall–Kier alpha value is -2.38. The molecule has 2 rings (SSSR count). The van der Waals surface area contributed by atoms with Crippen molar-refractivity contribution in [2.75, 3.05) is 53.4 Å². The van der Waals surface area contributed by atoms with Gasteiger partial charge >= 0.3 is 0 Å². The van der Waals surface area contributed by atoms with E-state index in [4.69, 9.17) is 4.74 Å². The topological polar surface area (TPSA) is 69.2 Å². The average Bonchev–Trinajstić information content (AvgIpc) is 2.76. The van der Waals surface area contributed by atoms with Crippen molar-refractivity contribution in [1.82, 2.24) is 20.4 Å². The van der Waals surface area contributed by atoms with Crippen LogP contribution in [0.2, 0.25) is 0 Å². The molecule has 0 bridgehead atoms. The van der Waals surface area contributed by atoms with Crippen molar-refractivity contribution in [2.24, 2.45) is 4.99 Å². The van der Waals surface area contributed by atoms with Crippen LogP contribution in [0.1, 0.15) is 24.8 Å². The normalized spacial score (nSPS) is 15.6. The van der Waals surface area contributed by atoms with Crippen molar-refractivity contribution in [3.05, 3.63) is 48.6 Å². The minimum atomic E-state index is -0.0309. The number of piperidine rings is 1. The molecule has 1 aliphatic rings. The molecule has 0 spiro atoms. The third-order valence-electron chi connectivity index (χ3n) is 5.04. The number of likely N-dealkylation sites (N-methyl/N-ethyl adjacent to an activating group) is 1. The summed E-state index contributed by atoms with van der Waals surface area (Å²) in [4.78, 5) is 20.1. The second-order valence-electron chi connectivity index (χ2n) is 7.73. The van der Waals surface area contributed by atoms with Crippen molar-refractivity contribution in [1.29, 1.82) is 0 Å². The Morgan fingerprint density at radius 1 is 1.27 bits per heavy atom. The van der Waals surface area contributed by atoms with E-state index >= 15 is 0 Å². The minimum absolute atomic E-state index is 0.0309. The highest BCUT2D eigenvalue weighted by Crippen LogP contribution is 2.16. The van der Waals surface area contributed by atoms with Crippen LogP contribution in [0.4, 0.5) is 0 Å². The summed E-state index contributed by atoms with van der Waals surface area (Å²) >= 11 is 0. The molecule has 0 radical (unpaired) electrons. The number of carbonyl (C=O) groups excluding carboxylic acids is 1. The van der Waals surface area contributed by atoms with E-state index in [2.05, 4.69) is 57.4 Å². The van der Waals surface area contributed by atoms with Crippen molar-refractivity contribution >= 4 is 11.9 Å². The number of aliphatic imine (C=N–C) groups is 1. The summed E-state index contributed by atoms with van der Waals surface area (Å²) in [6.45, 7) is 9.08. The van der Waals surface area contributed by atoms with E-state index in [0.29, 0.717) is 18.6 Å². The maximum absolute atomic E-state index is 11.7. The van der Waals surface area contributed by atoms with Crippen molar-refractivity contribution in [3.63, 3.8) is 0 Å². The van der Waals surface area contributed by atoms with Gasteiger partial charge in [-0.15, -0.1) is 6.58 Å². The summed E-state index contributed by atoms with van der Waals surface area (Å²) < 4.78 is 6.07. The van der Waals surface area contributed by atoms with Crippen LogP contribution >= 0.6 is 0 Å². The maximum atomic E-state index is 11.7. The van der Waals surface area contributed by atoms with Gasteiger partial charge in [0.1, 0.15) is 6.54 Å². The van der Waals surface area contributed by atoms with Crippen LogP contribution in [0.3, 0.4) is 0 Å². The summed E-state index contributed by atoms with van der Waals surface area (Å²) in [6.07, 6.45) is 5.17. The van der Waals surface area contributed by atoms with Crippen molar-refractivity contribution in [2.45, 2.75) is 31.9 Å². The molecule has 166 valence electrons. The number of benzene rings is 1. The third kappa shape index (κ3) is 9.41. The molecule has 30 heavy (non-hydrogen) atoms. The first-order valence-corrected chi connectivity index (χ1v) is 10.8. The molecule has 7 heteroatoms. The molecule has 2 N–H and O–H groups in total. The molecule has 0 aromatic heterocycles. The fraction of sp³-hybridized carbons (Fsp3) is 0.565. The fourth-order valence-corrected chi connectivity index (χ4v) is 3.24. The van der Waals surface area contributed by atoms with E-state index in [0.717, 1.165) is 52.0 Å². The van der Waals surface area contributed by atoms with Crippen LogP contribution in [-0.2, 0) is 16.1 Å². The summed E-state index contributed by atoms with van der Waals surface area (Å²) in [5.41, 5.74) is 1.37. The van der Waals surface area contributed by atoms with E-state index in [1.807, 2.05) is 0 Å².